The third-order valence-electron chi connectivity index (χ3n) is 3.14. The molecule has 0 radical (unpaired) electrons. The van der Waals surface area contributed by atoms with Gasteiger partial charge in [0.1, 0.15) is 0 Å². The molecule has 1 heterocycles. The molecule has 0 aliphatic rings. The predicted octanol–water partition coefficient (Wildman–Crippen LogP) is 0.598. The Morgan fingerprint density at radius 1 is 0.818 bits per heavy atom. The summed E-state index contributed by atoms with van der Waals surface area (Å²) in [7, 11) is 0. The Labute approximate surface area is 168 Å². The number of rotatable bonds is 3. The molecular weight excluding hydrogens is 315 g/mol. The summed E-state index contributed by atoms with van der Waals surface area (Å²) >= 11 is 0. The summed E-state index contributed by atoms with van der Waals surface area (Å²) in [5.41, 5.74) is 0.649. The fourth-order valence-corrected chi connectivity index (χ4v) is 2.15. The average molecular weight is 326 g/mol. The zero-order chi connectivity index (χ0) is 14.9. The van der Waals surface area contributed by atoms with E-state index in [1.807, 2.05) is 6.07 Å². The normalized spacial score (nSPS) is 11.0. The van der Waals surface area contributed by atoms with Gasteiger partial charge in [0.05, 0.1) is 11.4 Å². The minimum Gasteiger partial charge on any atom is -0.444 e. The molecule has 0 saturated carbocycles. The second-order valence-corrected chi connectivity index (χ2v) is 4.64. The second kappa shape index (κ2) is 7.14. The molecule has 106 valence electrons. The van der Waals surface area contributed by atoms with Gasteiger partial charge in [-0.3, -0.25) is 4.68 Å². The number of nitrogens with zero attached hydrogens (tertiary/aromatic N) is 2. The number of para-hydroxylation sites is 1. The van der Waals surface area contributed by atoms with Crippen molar-refractivity contribution < 1.29 is 64.3 Å². The Morgan fingerprint density at radius 3 is 1.91 bits per heavy atom. The summed E-state index contributed by atoms with van der Waals surface area (Å²) in [5.74, 6) is 0. The van der Waals surface area contributed by atoms with Crippen molar-refractivity contribution in [2.24, 2.45) is 0 Å². The van der Waals surface area contributed by atoms with Gasteiger partial charge < -0.3 is 12.9 Å². The Balaban J connectivity index is 0.00000176. The van der Waals surface area contributed by atoms with Crippen LogP contribution in [0.1, 0.15) is 0 Å². The van der Waals surface area contributed by atoms with Crippen LogP contribution in [0.4, 0.5) is 12.9 Å². The molecule has 3 aromatic rings. The van der Waals surface area contributed by atoms with Crippen LogP contribution in [-0.4, -0.2) is 16.8 Å². The van der Waals surface area contributed by atoms with Crippen LogP contribution in [-0.2, 0) is 0 Å². The Kier molecular flexibility index (Phi) is 5.68. The van der Waals surface area contributed by atoms with Crippen molar-refractivity contribution in [3.63, 3.8) is 0 Å². The smallest absolute Gasteiger partial charge is 0.444 e. The van der Waals surface area contributed by atoms with Crippen LogP contribution in [0.15, 0.2) is 66.7 Å². The van der Waals surface area contributed by atoms with Crippen LogP contribution < -0.4 is 57.0 Å². The summed E-state index contributed by atoms with van der Waals surface area (Å²) < 4.78 is 40.8. The first-order valence-corrected chi connectivity index (χ1v) is 6.46. The van der Waals surface area contributed by atoms with Crippen LogP contribution in [0.3, 0.4) is 0 Å². The Morgan fingerprint density at radius 2 is 1.36 bits per heavy atom. The van der Waals surface area contributed by atoms with Gasteiger partial charge in [-0.1, -0.05) is 48.5 Å². The average Bonchev–Trinajstić information content (AvgIpc) is 2.94. The Bertz CT molecular complexity index is 742. The number of aromatic nitrogens is 2. The molecular formula is C15H11BF3KN2. The van der Waals surface area contributed by atoms with Crippen LogP contribution in [0, 0.1) is 0 Å². The topological polar surface area (TPSA) is 17.8 Å². The molecule has 0 fully saturated rings. The van der Waals surface area contributed by atoms with E-state index in [0.717, 1.165) is 10.7 Å². The molecule has 2 nitrogen and oxygen atoms in total. The molecule has 0 atom stereocenters. The molecule has 3 rings (SSSR count). The van der Waals surface area contributed by atoms with E-state index in [9.17, 15) is 12.9 Å². The fourth-order valence-electron chi connectivity index (χ4n) is 2.15. The standard InChI is InChI=1S/C15H11BF3N2.K/c17-16(18,19)15-11-14(12-7-3-1-4-8-12)20-21(15)13-9-5-2-6-10-13;/h1-11H;/q-1;+1. The van der Waals surface area contributed by atoms with Crippen molar-refractivity contribution in [2.75, 3.05) is 0 Å². The summed E-state index contributed by atoms with van der Waals surface area (Å²) in [4.78, 5) is 0. The van der Waals surface area contributed by atoms with Crippen molar-refractivity contribution in [3.05, 3.63) is 66.7 Å². The van der Waals surface area contributed by atoms with Crippen molar-refractivity contribution >= 4 is 12.6 Å². The molecule has 0 saturated heterocycles. The number of halogens is 3. The maximum atomic E-state index is 13.3. The summed E-state index contributed by atoms with van der Waals surface area (Å²) in [6.07, 6.45) is 0. The minimum absolute atomic E-state index is 0. The molecule has 7 heteroatoms. The van der Waals surface area contributed by atoms with E-state index in [1.165, 1.54) is 0 Å². The number of hydrogen-bond donors (Lipinski definition) is 0. The van der Waals surface area contributed by atoms with Crippen LogP contribution in [0.5, 0.6) is 0 Å². The molecule has 1 aromatic heterocycles. The first-order valence-electron chi connectivity index (χ1n) is 6.46. The second-order valence-electron chi connectivity index (χ2n) is 4.64. The molecule has 0 spiro atoms. The zero-order valence-electron chi connectivity index (χ0n) is 12.0. The van der Waals surface area contributed by atoms with E-state index in [1.54, 1.807) is 54.6 Å². The summed E-state index contributed by atoms with van der Waals surface area (Å²) in [6, 6.07) is 18.3. The van der Waals surface area contributed by atoms with Crippen molar-refractivity contribution in [2.45, 2.75) is 0 Å². The van der Waals surface area contributed by atoms with Gasteiger partial charge in [0.25, 0.3) is 0 Å². The third kappa shape index (κ3) is 3.72. The van der Waals surface area contributed by atoms with E-state index >= 15 is 0 Å². The van der Waals surface area contributed by atoms with Gasteiger partial charge >= 0.3 is 58.4 Å². The van der Waals surface area contributed by atoms with Gasteiger partial charge in [-0.2, -0.15) is 5.10 Å². The minimum atomic E-state index is -5.14. The largest absolute Gasteiger partial charge is 1.00 e. The van der Waals surface area contributed by atoms with E-state index in [4.69, 9.17) is 0 Å². The number of benzene rings is 2. The third-order valence-corrected chi connectivity index (χ3v) is 3.14. The van der Waals surface area contributed by atoms with Crippen LogP contribution >= 0.6 is 0 Å². The van der Waals surface area contributed by atoms with Crippen molar-refractivity contribution in [1.29, 1.82) is 0 Å². The van der Waals surface area contributed by atoms with Gasteiger partial charge in [0.15, 0.2) is 0 Å². The summed E-state index contributed by atoms with van der Waals surface area (Å²) in [6.45, 7) is -5.14. The molecule has 22 heavy (non-hydrogen) atoms. The summed E-state index contributed by atoms with van der Waals surface area (Å²) in [5, 5.41) is 4.13. The number of hydrogen-bond acceptors (Lipinski definition) is 1. The maximum absolute atomic E-state index is 13.3. The molecule has 0 unspecified atom stereocenters. The van der Waals surface area contributed by atoms with Crippen LogP contribution in [0.25, 0.3) is 16.9 Å². The van der Waals surface area contributed by atoms with Crippen LogP contribution in [0.2, 0.25) is 0 Å². The molecule has 0 aliphatic heterocycles. The van der Waals surface area contributed by atoms with Gasteiger partial charge in [0.2, 0.25) is 0 Å². The predicted molar refractivity (Wildman–Crippen MR) is 77.7 cm³/mol. The first kappa shape index (κ1) is 17.5. The SMILES string of the molecule is F[B-](F)(F)c1cc(-c2ccccc2)nn1-c1ccccc1.[K+]. The van der Waals surface area contributed by atoms with Gasteiger partial charge in [-0.05, 0) is 23.8 Å². The maximum Gasteiger partial charge on any atom is 1.00 e. The molecule has 0 amide bonds. The fraction of sp³-hybridized carbons (Fsp3) is 0. The zero-order valence-corrected chi connectivity index (χ0v) is 15.1. The van der Waals surface area contributed by atoms with Gasteiger partial charge in [-0.25, -0.2) is 0 Å². The quantitative estimate of drug-likeness (QED) is 0.645. The molecule has 0 N–H and O–H groups in total. The van der Waals surface area contributed by atoms with E-state index in [2.05, 4.69) is 5.10 Å². The van der Waals surface area contributed by atoms with Gasteiger partial charge in [0, 0.05) is 5.56 Å². The van der Waals surface area contributed by atoms with E-state index in [0.29, 0.717) is 16.9 Å². The van der Waals surface area contributed by atoms with E-state index in [-0.39, 0.29) is 51.4 Å². The molecule has 0 aliphatic carbocycles. The molecule has 0 bridgehead atoms. The van der Waals surface area contributed by atoms with Gasteiger partial charge in [-0.15, -0.1) is 0 Å². The monoisotopic (exact) mass is 326 g/mol. The first-order chi connectivity index (χ1) is 10.1. The van der Waals surface area contributed by atoms with Crippen molar-refractivity contribution in [1.82, 2.24) is 9.78 Å². The molecule has 2 aromatic carbocycles. The Hall–Kier alpha value is -0.859. The van der Waals surface area contributed by atoms with E-state index < -0.39 is 12.6 Å². The van der Waals surface area contributed by atoms with Crippen molar-refractivity contribution in [3.8, 4) is 16.9 Å².